The minimum absolute atomic E-state index is 0.109. The second-order valence-electron chi connectivity index (χ2n) is 6.02. The number of hydrogen-bond acceptors (Lipinski definition) is 4. The van der Waals surface area contributed by atoms with E-state index in [4.69, 9.17) is 9.88 Å². The molecule has 2 aromatic rings. The summed E-state index contributed by atoms with van der Waals surface area (Å²) in [7, 11) is -2.45. The minimum Gasteiger partial charge on any atom is -0.495 e. The zero-order valence-corrected chi connectivity index (χ0v) is 16.0. The van der Waals surface area contributed by atoms with Crippen LogP contribution in [0.25, 0.3) is 6.08 Å². The Morgan fingerprint density at radius 2 is 1.73 bits per heavy atom. The van der Waals surface area contributed by atoms with Crippen molar-refractivity contribution in [2.45, 2.75) is 25.7 Å². The molecule has 3 N–H and O–H groups in total. The van der Waals surface area contributed by atoms with Crippen molar-refractivity contribution in [2.24, 2.45) is 5.14 Å². The molecule has 0 radical (unpaired) electrons. The number of ether oxygens (including phenoxy) is 1. The highest BCUT2D eigenvalue weighted by atomic mass is 32.2. The number of nitrogens with two attached hydrogens (primary N) is 1. The van der Waals surface area contributed by atoms with E-state index in [9.17, 15) is 13.2 Å². The van der Waals surface area contributed by atoms with Crippen LogP contribution in [-0.4, -0.2) is 21.4 Å². The maximum absolute atomic E-state index is 12.2. The van der Waals surface area contributed by atoms with Gasteiger partial charge in [-0.25, -0.2) is 13.6 Å². The van der Waals surface area contributed by atoms with Gasteiger partial charge in [0.2, 0.25) is 15.9 Å². The van der Waals surface area contributed by atoms with Gasteiger partial charge in [-0.3, -0.25) is 4.79 Å². The van der Waals surface area contributed by atoms with E-state index < -0.39 is 15.9 Å². The molecule has 0 atom stereocenters. The van der Waals surface area contributed by atoms with Crippen LogP contribution < -0.4 is 15.2 Å². The first kappa shape index (κ1) is 19.7. The third-order valence-electron chi connectivity index (χ3n) is 4.05. The van der Waals surface area contributed by atoms with Crippen LogP contribution in [0.15, 0.2) is 41.3 Å². The molecule has 1 amide bonds. The van der Waals surface area contributed by atoms with Crippen molar-refractivity contribution < 1.29 is 17.9 Å². The lowest BCUT2D eigenvalue weighted by molar-refractivity contribution is -0.111. The Morgan fingerprint density at radius 1 is 1.08 bits per heavy atom. The molecule has 2 aromatic carbocycles. The summed E-state index contributed by atoms with van der Waals surface area (Å²) in [6.45, 7) is 6.02. The number of amides is 1. The molecule has 26 heavy (non-hydrogen) atoms. The molecule has 0 bridgehead atoms. The average molecular weight is 374 g/mol. The highest BCUT2D eigenvalue weighted by molar-refractivity contribution is 7.89. The molecule has 0 spiro atoms. The van der Waals surface area contributed by atoms with E-state index in [2.05, 4.69) is 11.4 Å². The van der Waals surface area contributed by atoms with Gasteiger partial charge in [0.15, 0.2) is 0 Å². The molecule has 0 aliphatic rings. The number of sulfonamides is 1. The molecular formula is C19H22N2O4S. The molecule has 0 heterocycles. The quantitative estimate of drug-likeness (QED) is 0.786. The Balaban J connectivity index is 2.26. The summed E-state index contributed by atoms with van der Waals surface area (Å²) >= 11 is 0. The van der Waals surface area contributed by atoms with Crippen LogP contribution >= 0.6 is 0 Å². The molecule has 0 aliphatic heterocycles. The molecule has 6 nitrogen and oxygen atoms in total. The van der Waals surface area contributed by atoms with Crippen molar-refractivity contribution in [1.82, 2.24) is 0 Å². The SMILES string of the molecule is COc1ccc(S(N)(=O)=O)cc1NC(=O)/C=C/c1cc(C)c(C)cc1C. The van der Waals surface area contributed by atoms with Gasteiger partial charge in [-0.1, -0.05) is 12.1 Å². The van der Waals surface area contributed by atoms with Crippen molar-refractivity contribution >= 4 is 27.7 Å². The van der Waals surface area contributed by atoms with E-state index in [0.717, 1.165) is 16.7 Å². The fraction of sp³-hybridized carbons (Fsp3) is 0.211. The first-order valence-corrected chi connectivity index (χ1v) is 9.44. The van der Waals surface area contributed by atoms with Gasteiger partial charge < -0.3 is 10.1 Å². The number of primary sulfonamides is 1. The molecule has 7 heteroatoms. The molecule has 0 saturated heterocycles. The van der Waals surface area contributed by atoms with Gasteiger partial charge >= 0.3 is 0 Å². The van der Waals surface area contributed by atoms with Gasteiger partial charge in [0.25, 0.3) is 0 Å². The molecule has 0 unspecified atom stereocenters. The second kappa shape index (κ2) is 7.72. The van der Waals surface area contributed by atoms with Crippen LogP contribution in [0.5, 0.6) is 5.75 Å². The van der Waals surface area contributed by atoms with Crippen molar-refractivity contribution in [3.05, 3.63) is 58.7 Å². The number of carbonyl (C=O) groups excluding carboxylic acids is 1. The number of anilines is 1. The topological polar surface area (TPSA) is 98.5 Å². The highest BCUT2D eigenvalue weighted by Gasteiger charge is 2.13. The van der Waals surface area contributed by atoms with E-state index in [-0.39, 0.29) is 10.6 Å². The summed E-state index contributed by atoms with van der Waals surface area (Å²) in [5.74, 6) is -0.0750. The number of benzene rings is 2. The number of hydrogen-bond donors (Lipinski definition) is 2. The van der Waals surface area contributed by atoms with Crippen molar-refractivity contribution in [3.8, 4) is 5.75 Å². The number of methoxy groups -OCH3 is 1. The molecule has 0 aliphatic carbocycles. The second-order valence-corrected chi connectivity index (χ2v) is 7.58. The van der Waals surface area contributed by atoms with Crippen molar-refractivity contribution in [1.29, 1.82) is 0 Å². The van der Waals surface area contributed by atoms with Gasteiger partial charge in [-0.15, -0.1) is 0 Å². The Labute approximate surface area is 153 Å². The molecule has 0 aromatic heterocycles. The van der Waals surface area contributed by atoms with Crippen LogP contribution in [0.3, 0.4) is 0 Å². The number of rotatable bonds is 5. The van der Waals surface area contributed by atoms with Gasteiger partial charge in [0.1, 0.15) is 5.75 Å². The fourth-order valence-corrected chi connectivity index (χ4v) is 3.00. The lowest BCUT2D eigenvalue weighted by atomic mass is 10.0. The van der Waals surface area contributed by atoms with Crippen LogP contribution in [0, 0.1) is 20.8 Å². The number of nitrogens with one attached hydrogen (secondary N) is 1. The fourth-order valence-electron chi connectivity index (χ4n) is 2.46. The van der Waals surface area contributed by atoms with Crippen LogP contribution in [0.4, 0.5) is 5.69 Å². The van der Waals surface area contributed by atoms with E-state index >= 15 is 0 Å². The first-order valence-electron chi connectivity index (χ1n) is 7.89. The van der Waals surface area contributed by atoms with Crippen LogP contribution in [0.1, 0.15) is 22.3 Å². The summed E-state index contributed by atoms with van der Waals surface area (Å²) < 4.78 is 28.1. The van der Waals surface area contributed by atoms with Gasteiger partial charge in [-0.2, -0.15) is 0 Å². The summed E-state index contributed by atoms with van der Waals surface area (Å²) in [4.78, 5) is 12.1. The Morgan fingerprint density at radius 3 is 2.35 bits per heavy atom. The lowest BCUT2D eigenvalue weighted by Gasteiger charge is -2.10. The van der Waals surface area contributed by atoms with Gasteiger partial charge in [0.05, 0.1) is 17.7 Å². The van der Waals surface area contributed by atoms with Gasteiger partial charge in [-0.05, 0) is 67.3 Å². The third-order valence-corrected chi connectivity index (χ3v) is 4.96. The largest absolute Gasteiger partial charge is 0.495 e. The third kappa shape index (κ3) is 4.71. The normalized spacial score (nSPS) is 11.6. The lowest BCUT2D eigenvalue weighted by Crippen LogP contribution is -2.14. The minimum atomic E-state index is -3.88. The van der Waals surface area contributed by atoms with Crippen LogP contribution in [0.2, 0.25) is 0 Å². The monoisotopic (exact) mass is 374 g/mol. The average Bonchev–Trinajstić information content (AvgIpc) is 2.56. The molecule has 0 fully saturated rings. The summed E-state index contributed by atoms with van der Waals surface area (Å²) in [6, 6.07) is 8.09. The summed E-state index contributed by atoms with van der Waals surface area (Å²) in [6.07, 6.45) is 3.10. The number of carbonyl (C=O) groups is 1. The predicted molar refractivity (Wildman–Crippen MR) is 103 cm³/mol. The standard InChI is InChI=1S/C19H22N2O4S/c1-12-9-14(3)15(10-13(12)2)5-8-19(22)21-17-11-16(26(20,23)24)6-7-18(17)25-4/h5-11H,1-4H3,(H,21,22)(H2,20,23,24)/b8-5+. The maximum Gasteiger partial charge on any atom is 0.248 e. The zero-order chi connectivity index (χ0) is 19.5. The number of aryl methyl sites for hydroxylation is 3. The van der Waals surface area contributed by atoms with E-state index in [1.807, 2.05) is 26.8 Å². The van der Waals surface area contributed by atoms with E-state index in [0.29, 0.717) is 5.75 Å². The molecule has 0 saturated carbocycles. The van der Waals surface area contributed by atoms with E-state index in [1.165, 1.54) is 36.9 Å². The Hall–Kier alpha value is -2.64. The summed E-state index contributed by atoms with van der Waals surface area (Å²) in [5.41, 5.74) is 4.55. The van der Waals surface area contributed by atoms with Crippen LogP contribution in [-0.2, 0) is 14.8 Å². The van der Waals surface area contributed by atoms with Crippen molar-refractivity contribution in [3.63, 3.8) is 0 Å². The summed E-state index contributed by atoms with van der Waals surface area (Å²) in [5, 5.41) is 7.75. The molecule has 2 rings (SSSR count). The van der Waals surface area contributed by atoms with Gasteiger partial charge in [0, 0.05) is 6.08 Å². The Kier molecular flexibility index (Phi) is 5.84. The van der Waals surface area contributed by atoms with Crippen molar-refractivity contribution in [2.75, 3.05) is 12.4 Å². The Bertz CT molecular complexity index is 979. The smallest absolute Gasteiger partial charge is 0.248 e. The maximum atomic E-state index is 12.2. The molecular weight excluding hydrogens is 352 g/mol. The first-order chi connectivity index (χ1) is 12.1. The highest BCUT2D eigenvalue weighted by Crippen LogP contribution is 2.27. The van der Waals surface area contributed by atoms with E-state index in [1.54, 1.807) is 6.08 Å². The predicted octanol–water partition coefficient (Wildman–Crippen LogP) is 2.92. The zero-order valence-electron chi connectivity index (χ0n) is 15.2. The molecule has 138 valence electrons.